The van der Waals surface area contributed by atoms with Crippen molar-refractivity contribution in [3.63, 3.8) is 0 Å². The van der Waals surface area contributed by atoms with Gasteiger partial charge < -0.3 is 0 Å². The molecule has 0 fully saturated rings. The van der Waals surface area contributed by atoms with Gasteiger partial charge in [-0.1, -0.05) is 6.07 Å². The van der Waals surface area contributed by atoms with Crippen LogP contribution in [0.25, 0.3) is 0 Å². The third kappa shape index (κ3) is 3.13. The van der Waals surface area contributed by atoms with Crippen LogP contribution in [0.5, 0.6) is 0 Å². The van der Waals surface area contributed by atoms with Gasteiger partial charge in [-0.2, -0.15) is 0 Å². The Bertz CT molecular complexity index is 700. The van der Waals surface area contributed by atoms with Crippen molar-refractivity contribution in [2.24, 2.45) is 0 Å². The second-order valence-corrected chi connectivity index (χ2v) is 7.85. The van der Waals surface area contributed by atoms with Crippen LogP contribution in [-0.4, -0.2) is 21.3 Å². The van der Waals surface area contributed by atoms with Crippen molar-refractivity contribution in [3.8, 4) is 0 Å². The van der Waals surface area contributed by atoms with Gasteiger partial charge in [0, 0.05) is 17.8 Å². The van der Waals surface area contributed by atoms with Crippen LogP contribution in [0.4, 0.5) is 10.1 Å². The Morgan fingerprint density at radius 2 is 2.05 bits per heavy atom. The van der Waals surface area contributed by atoms with Crippen LogP contribution in [0.2, 0.25) is 0 Å². The minimum atomic E-state index is -3.66. The smallest absolute Gasteiger partial charge is 0.269 e. The highest BCUT2D eigenvalue weighted by Gasteiger charge is 2.23. The van der Waals surface area contributed by atoms with Crippen molar-refractivity contribution in [1.29, 1.82) is 0 Å². The van der Waals surface area contributed by atoms with Crippen LogP contribution >= 0.6 is 22.9 Å². The van der Waals surface area contributed by atoms with Gasteiger partial charge in [0.15, 0.2) is 0 Å². The number of rotatable bonds is 5. The molecule has 0 saturated carbocycles. The predicted molar refractivity (Wildman–Crippen MR) is 80.7 cm³/mol. The van der Waals surface area contributed by atoms with E-state index in [0.717, 1.165) is 9.18 Å². The fourth-order valence-corrected chi connectivity index (χ4v) is 4.70. The SMILES string of the molecule is CN(c1cccc(F)c1)S(=O)(=O)c1ccc(CCCl)s1. The molecule has 7 heteroatoms. The number of anilines is 1. The molecule has 108 valence electrons. The van der Waals surface area contributed by atoms with Gasteiger partial charge in [-0.3, -0.25) is 4.31 Å². The molecule has 0 N–H and O–H groups in total. The summed E-state index contributed by atoms with van der Waals surface area (Å²) >= 11 is 6.82. The van der Waals surface area contributed by atoms with Crippen molar-refractivity contribution in [3.05, 3.63) is 47.1 Å². The van der Waals surface area contributed by atoms with Gasteiger partial charge in [0.25, 0.3) is 10.0 Å². The Morgan fingerprint density at radius 3 is 2.70 bits per heavy atom. The van der Waals surface area contributed by atoms with Crippen molar-refractivity contribution < 1.29 is 12.8 Å². The Morgan fingerprint density at radius 1 is 1.30 bits per heavy atom. The number of nitrogens with zero attached hydrogens (tertiary/aromatic N) is 1. The first kappa shape index (κ1) is 15.3. The molecule has 0 radical (unpaired) electrons. The number of hydrogen-bond donors (Lipinski definition) is 0. The van der Waals surface area contributed by atoms with Gasteiger partial charge in [-0.15, -0.1) is 22.9 Å². The average Bonchev–Trinajstić information content (AvgIpc) is 2.87. The molecule has 0 aliphatic carbocycles. The molecule has 1 heterocycles. The van der Waals surface area contributed by atoms with Crippen LogP contribution in [0.15, 0.2) is 40.6 Å². The zero-order valence-electron chi connectivity index (χ0n) is 10.7. The van der Waals surface area contributed by atoms with Crippen LogP contribution in [0.1, 0.15) is 4.88 Å². The monoisotopic (exact) mass is 333 g/mol. The fourth-order valence-electron chi connectivity index (χ4n) is 1.67. The summed E-state index contributed by atoms with van der Waals surface area (Å²) in [4.78, 5) is 0.909. The summed E-state index contributed by atoms with van der Waals surface area (Å²) in [6.45, 7) is 0. The molecule has 0 aliphatic rings. The maximum atomic E-state index is 13.2. The molecular formula is C13H13ClFNO2S2. The maximum absolute atomic E-state index is 13.2. The van der Waals surface area contributed by atoms with E-state index in [-0.39, 0.29) is 9.90 Å². The summed E-state index contributed by atoms with van der Waals surface area (Å²) in [5, 5.41) is 0. The van der Waals surface area contributed by atoms with E-state index in [1.807, 2.05) is 0 Å². The molecule has 0 bridgehead atoms. The lowest BCUT2D eigenvalue weighted by Gasteiger charge is -2.18. The normalized spacial score (nSPS) is 11.6. The average molecular weight is 334 g/mol. The highest BCUT2D eigenvalue weighted by molar-refractivity contribution is 7.94. The third-order valence-corrected chi connectivity index (χ3v) is 6.35. The molecule has 1 aromatic carbocycles. The summed E-state index contributed by atoms with van der Waals surface area (Å²) in [5.41, 5.74) is 0.289. The number of sulfonamides is 1. The van der Waals surface area contributed by atoms with Crippen LogP contribution in [0, 0.1) is 5.82 Å². The molecule has 0 spiro atoms. The molecular weight excluding hydrogens is 321 g/mol. The van der Waals surface area contributed by atoms with Gasteiger partial charge in [-0.25, -0.2) is 12.8 Å². The highest BCUT2D eigenvalue weighted by atomic mass is 35.5. The van der Waals surface area contributed by atoms with E-state index < -0.39 is 15.8 Å². The Balaban J connectivity index is 2.33. The molecule has 2 rings (SSSR count). The van der Waals surface area contributed by atoms with Gasteiger partial charge >= 0.3 is 0 Å². The van der Waals surface area contributed by atoms with E-state index in [9.17, 15) is 12.8 Å². The van der Waals surface area contributed by atoms with E-state index in [2.05, 4.69) is 0 Å². The molecule has 3 nitrogen and oxygen atoms in total. The number of alkyl halides is 1. The lowest BCUT2D eigenvalue weighted by atomic mass is 10.3. The molecule has 1 aromatic heterocycles. The lowest BCUT2D eigenvalue weighted by molar-refractivity contribution is 0.596. The summed E-state index contributed by atoms with van der Waals surface area (Å²) < 4.78 is 39.4. The van der Waals surface area contributed by atoms with E-state index in [1.54, 1.807) is 18.2 Å². The largest absolute Gasteiger partial charge is 0.273 e. The zero-order valence-corrected chi connectivity index (χ0v) is 13.1. The molecule has 0 saturated heterocycles. The maximum Gasteiger partial charge on any atom is 0.273 e. The van der Waals surface area contributed by atoms with Crippen molar-refractivity contribution in [2.75, 3.05) is 17.2 Å². The van der Waals surface area contributed by atoms with Gasteiger partial charge in [0.2, 0.25) is 0 Å². The summed E-state index contributed by atoms with van der Waals surface area (Å²) in [7, 11) is -2.26. The molecule has 2 aromatic rings. The van der Waals surface area contributed by atoms with E-state index >= 15 is 0 Å². The molecule has 0 amide bonds. The Labute approximate surface area is 126 Å². The summed E-state index contributed by atoms with van der Waals surface area (Å²) in [6.07, 6.45) is 0.630. The number of halogens is 2. The van der Waals surface area contributed by atoms with E-state index in [0.29, 0.717) is 12.3 Å². The minimum Gasteiger partial charge on any atom is -0.269 e. The topological polar surface area (TPSA) is 37.4 Å². The van der Waals surface area contributed by atoms with Gasteiger partial charge in [0.1, 0.15) is 10.0 Å². The Kier molecular flexibility index (Phi) is 4.67. The quantitative estimate of drug-likeness (QED) is 0.785. The van der Waals surface area contributed by atoms with Crippen LogP contribution < -0.4 is 4.31 Å². The number of hydrogen-bond acceptors (Lipinski definition) is 3. The second kappa shape index (κ2) is 6.11. The first-order valence-electron chi connectivity index (χ1n) is 5.84. The molecule has 0 unspecified atom stereocenters. The van der Waals surface area contributed by atoms with Crippen LogP contribution in [-0.2, 0) is 16.4 Å². The first-order valence-corrected chi connectivity index (χ1v) is 8.63. The molecule has 0 aliphatic heterocycles. The standard InChI is InChI=1S/C13H13ClFNO2S2/c1-16(11-4-2-3-10(15)9-11)20(17,18)13-6-5-12(19-13)7-8-14/h2-6,9H,7-8H2,1H3. The lowest BCUT2D eigenvalue weighted by Crippen LogP contribution is -2.25. The van der Waals surface area contributed by atoms with E-state index in [4.69, 9.17) is 11.6 Å². The number of aryl methyl sites for hydroxylation is 1. The van der Waals surface area contributed by atoms with Crippen molar-refractivity contribution in [2.45, 2.75) is 10.6 Å². The fraction of sp³-hybridized carbons (Fsp3) is 0.231. The first-order chi connectivity index (χ1) is 9.45. The van der Waals surface area contributed by atoms with Crippen molar-refractivity contribution in [1.82, 2.24) is 0 Å². The van der Waals surface area contributed by atoms with E-state index in [1.165, 1.54) is 36.6 Å². The van der Waals surface area contributed by atoms with Gasteiger partial charge in [0.05, 0.1) is 5.69 Å². The van der Waals surface area contributed by atoms with Gasteiger partial charge in [-0.05, 0) is 36.8 Å². The second-order valence-electron chi connectivity index (χ2n) is 4.11. The predicted octanol–water partition coefficient (Wildman–Crippen LogP) is 3.49. The zero-order chi connectivity index (χ0) is 14.8. The number of thiophene rings is 1. The summed E-state index contributed by atoms with van der Waals surface area (Å²) in [5.74, 6) is -0.0294. The highest BCUT2D eigenvalue weighted by Crippen LogP contribution is 2.28. The molecule has 0 atom stereocenters. The molecule has 20 heavy (non-hydrogen) atoms. The van der Waals surface area contributed by atoms with Crippen LogP contribution in [0.3, 0.4) is 0 Å². The Hall–Kier alpha value is -1.11. The number of benzene rings is 1. The van der Waals surface area contributed by atoms with Crippen molar-refractivity contribution >= 4 is 38.6 Å². The third-order valence-electron chi connectivity index (χ3n) is 2.76. The summed E-state index contributed by atoms with van der Waals surface area (Å²) in [6, 6.07) is 8.79. The minimum absolute atomic E-state index is 0.226.